The van der Waals surface area contributed by atoms with Gasteiger partial charge in [-0.25, -0.2) is 0 Å². The molecule has 1 aromatic carbocycles. The molecule has 0 aliphatic carbocycles. The van der Waals surface area contributed by atoms with Gasteiger partial charge in [0.2, 0.25) is 5.91 Å². The van der Waals surface area contributed by atoms with Crippen LogP contribution in [0.25, 0.3) is 0 Å². The average molecular weight is 403 g/mol. The van der Waals surface area contributed by atoms with Gasteiger partial charge in [-0.1, -0.05) is 30.3 Å². The van der Waals surface area contributed by atoms with Gasteiger partial charge in [-0.3, -0.25) is 9.59 Å². The largest absolute Gasteiger partial charge is 0.341 e. The lowest BCUT2D eigenvalue weighted by Crippen LogP contribution is -2.37. The SMILES string of the molecule is Cc1[nH]c(=O)c(C#N)c(C)c1CCC(=O)N(CCN)CCc1ccccc1.Cl. The topological polar surface area (TPSA) is 103 Å². The van der Waals surface area contributed by atoms with E-state index in [0.29, 0.717) is 43.7 Å². The number of carbonyl (C=O) groups is 1. The fraction of sp³-hybridized carbons (Fsp3) is 0.381. The highest BCUT2D eigenvalue weighted by atomic mass is 35.5. The zero-order chi connectivity index (χ0) is 19.8. The van der Waals surface area contributed by atoms with Gasteiger partial charge >= 0.3 is 0 Å². The third-order valence-electron chi connectivity index (χ3n) is 4.77. The van der Waals surface area contributed by atoms with Crippen LogP contribution < -0.4 is 11.3 Å². The average Bonchev–Trinajstić information content (AvgIpc) is 2.65. The number of amides is 1. The minimum Gasteiger partial charge on any atom is -0.341 e. The second kappa shape index (κ2) is 11.3. The summed E-state index contributed by atoms with van der Waals surface area (Å²) >= 11 is 0. The van der Waals surface area contributed by atoms with Crippen LogP contribution in [0.2, 0.25) is 0 Å². The van der Waals surface area contributed by atoms with E-state index in [2.05, 4.69) is 4.98 Å². The standard InChI is InChI=1S/C21H26N4O2.ClH/c1-15-18(16(2)24-21(27)19(15)14-23)8-9-20(26)25(13-11-22)12-10-17-6-4-3-5-7-17;/h3-7H,8-13,22H2,1-2H3,(H,24,27);1H. The Kier molecular flexibility index (Phi) is 9.43. The molecule has 1 amide bonds. The van der Waals surface area contributed by atoms with E-state index in [4.69, 9.17) is 11.0 Å². The predicted molar refractivity (Wildman–Crippen MR) is 113 cm³/mol. The summed E-state index contributed by atoms with van der Waals surface area (Å²) in [4.78, 5) is 29.0. The number of rotatable bonds is 8. The number of aryl methyl sites for hydroxylation is 1. The zero-order valence-corrected chi connectivity index (χ0v) is 17.1. The Bertz CT molecular complexity index is 888. The van der Waals surface area contributed by atoms with Crippen LogP contribution in [-0.4, -0.2) is 35.4 Å². The molecular weight excluding hydrogens is 376 g/mol. The van der Waals surface area contributed by atoms with Crippen LogP contribution in [0.3, 0.4) is 0 Å². The van der Waals surface area contributed by atoms with Crippen LogP contribution in [0.15, 0.2) is 35.1 Å². The Morgan fingerprint density at radius 3 is 2.46 bits per heavy atom. The van der Waals surface area contributed by atoms with E-state index in [1.54, 1.807) is 18.7 Å². The van der Waals surface area contributed by atoms with Crippen molar-refractivity contribution in [1.29, 1.82) is 5.26 Å². The van der Waals surface area contributed by atoms with Crippen LogP contribution >= 0.6 is 12.4 Å². The van der Waals surface area contributed by atoms with Gasteiger partial charge in [-0.2, -0.15) is 5.26 Å². The molecule has 0 unspecified atom stereocenters. The smallest absolute Gasteiger partial charge is 0.266 e. The minimum absolute atomic E-state index is 0. The van der Waals surface area contributed by atoms with Crippen molar-refractivity contribution in [2.24, 2.45) is 5.73 Å². The summed E-state index contributed by atoms with van der Waals surface area (Å²) in [6.07, 6.45) is 1.57. The van der Waals surface area contributed by atoms with Gasteiger partial charge in [0.05, 0.1) is 0 Å². The normalized spacial score (nSPS) is 10.1. The number of nitrogens with two attached hydrogens (primary N) is 1. The quantitative estimate of drug-likeness (QED) is 0.706. The first kappa shape index (κ1) is 23.4. The molecule has 0 radical (unpaired) electrons. The second-order valence-electron chi connectivity index (χ2n) is 6.57. The first-order chi connectivity index (χ1) is 13.0. The third kappa shape index (κ3) is 5.95. The molecule has 2 rings (SSSR count). The number of halogens is 1. The van der Waals surface area contributed by atoms with Gasteiger partial charge in [-0.15, -0.1) is 12.4 Å². The van der Waals surface area contributed by atoms with E-state index in [-0.39, 0.29) is 29.4 Å². The lowest BCUT2D eigenvalue weighted by Gasteiger charge is -2.22. The van der Waals surface area contributed by atoms with Crippen LogP contribution in [0.1, 0.15) is 34.4 Å². The van der Waals surface area contributed by atoms with Gasteiger partial charge < -0.3 is 15.6 Å². The van der Waals surface area contributed by atoms with Crippen LogP contribution in [-0.2, 0) is 17.6 Å². The molecule has 28 heavy (non-hydrogen) atoms. The van der Waals surface area contributed by atoms with Crippen LogP contribution in [0.4, 0.5) is 0 Å². The maximum atomic E-state index is 12.7. The number of H-pyrrole nitrogens is 1. The monoisotopic (exact) mass is 402 g/mol. The predicted octanol–water partition coefficient (Wildman–Crippen LogP) is 2.25. The molecule has 0 spiro atoms. The Balaban J connectivity index is 0.00000392. The van der Waals surface area contributed by atoms with E-state index < -0.39 is 0 Å². The van der Waals surface area contributed by atoms with Gasteiger partial charge in [-0.05, 0) is 43.4 Å². The van der Waals surface area contributed by atoms with Gasteiger partial charge in [0.1, 0.15) is 11.6 Å². The molecule has 0 saturated carbocycles. The van der Waals surface area contributed by atoms with Crippen LogP contribution in [0, 0.1) is 25.2 Å². The molecule has 0 saturated heterocycles. The Morgan fingerprint density at radius 1 is 1.18 bits per heavy atom. The summed E-state index contributed by atoms with van der Waals surface area (Å²) in [6.45, 7) is 5.09. The maximum Gasteiger partial charge on any atom is 0.266 e. The lowest BCUT2D eigenvalue weighted by atomic mass is 9.99. The number of hydrogen-bond acceptors (Lipinski definition) is 4. The number of benzene rings is 1. The van der Waals surface area contributed by atoms with Crippen molar-refractivity contribution in [3.63, 3.8) is 0 Å². The van der Waals surface area contributed by atoms with Gasteiger partial charge in [0.15, 0.2) is 0 Å². The number of nitrogens with one attached hydrogen (secondary N) is 1. The van der Waals surface area contributed by atoms with Crippen molar-refractivity contribution in [1.82, 2.24) is 9.88 Å². The fourth-order valence-electron chi connectivity index (χ4n) is 3.24. The summed E-state index contributed by atoms with van der Waals surface area (Å²) in [5.74, 6) is 0.0277. The molecule has 1 heterocycles. The Labute approximate surface area is 171 Å². The van der Waals surface area contributed by atoms with E-state index in [9.17, 15) is 9.59 Å². The molecule has 0 atom stereocenters. The molecule has 150 valence electrons. The first-order valence-electron chi connectivity index (χ1n) is 9.12. The highest BCUT2D eigenvalue weighted by molar-refractivity contribution is 5.85. The number of aromatic amines is 1. The zero-order valence-electron chi connectivity index (χ0n) is 16.3. The van der Waals surface area contributed by atoms with Crippen molar-refractivity contribution in [3.8, 4) is 6.07 Å². The Hall–Kier alpha value is -2.62. The maximum absolute atomic E-state index is 12.7. The van der Waals surface area contributed by atoms with Crippen LogP contribution in [0.5, 0.6) is 0 Å². The molecule has 0 bridgehead atoms. The van der Waals surface area contributed by atoms with Crippen molar-refractivity contribution < 1.29 is 4.79 Å². The molecule has 2 aromatic rings. The van der Waals surface area contributed by atoms with E-state index in [1.807, 2.05) is 36.4 Å². The molecule has 0 aliphatic heterocycles. The van der Waals surface area contributed by atoms with E-state index in [0.717, 1.165) is 12.0 Å². The highest BCUT2D eigenvalue weighted by Crippen LogP contribution is 2.15. The summed E-state index contributed by atoms with van der Waals surface area (Å²) in [6, 6.07) is 12.0. The van der Waals surface area contributed by atoms with Crippen molar-refractivity contribution in [3.05, 3.63) is 68.6 Å². The minimum atomic E-state index is -0.379. The number of nitrogens with zero attached hydrogens (tertiary/aromatic N) is 2. The number of carbonyl (C=O) groups excluding carboxylic acids is 1. The Morgan fingerprint density at radius 2 is 1.86 bits per heavy atom. The van der Waals surface area contributed by atoms with E-state index >= 15 is 0 Å². The summed E-state index contributed by atoms with van der Waals surface area (Å²) in [7, 11) is 0. The second-order valence-corrected chi connectivity index (χ2v) is 6.57. The highest BCUT2D eigenvalue weighted by Gasteiger charge is 2.16. The molecule has 6 nitrogen and oxygen atoms in total. The van der Waals surface area contributed by atoms with Crippen molar-refractivity contribution in [2.45, 2.75) is 33.1 Å². The number of hydrogen-bond donors (Lipinski definition) is 2. The molecule has 0 fully saturated rings. The summed E-state index contributed by atoms with van der Waals surface area (Å²) in [5.41, 5.74) is 8.81. The summed E-state index contributed by atoms with van der Waals surface area (Å²) in [5, 5.41) is 9.17. The van der Waals surface area contributed by atoms with Crippen molar-refractivity contribution >= 4 is 18.3 Å². The third-order valence-corrected chi connectivity index (χ3v) is 4.77. The first-order valence-corrected chi connectivity index (χ1v) is 9.12. The number of nitriles is 1. The molecular formula is C21H27ClN4O2. The van der Waals surface area contributed by atoms with Gasteiger partial charge in [0, 0.05) is 31.7 Å². The van der Waals surface area contributed by atoms with Gasteiger partial charge in [0.25, 0.3) is 5.56 Å². The molecule has 0 aliphatic rings. The summed E-state index contributed by atoms with van der Waals surface area (Å²) < 4.78 is 0. The molecule has 3 N–H and O–H groups in total. The molecule has 7 heteroatoms. The van der Waals surface area contributed by atoms with E-state index in [1.165, 1.54) is 5.56 Å². The van der Waals surface area contributed by atoms with Crippen molar-refractivity contribution in [2.75, 3.05) is 19.6 Å². The molecule has 1 aromatic heterocycles. The number of aromatic nitrogens is 1. The number of pyridine rings is 1. The lowest BCUT2D eigenvalue weighted by molar-refractivity contribution is -0.131. The fourth-order valence-corrected chi connectivity index (χ4v) is 3.24.